The molecule has 2 heteroatoms. The summed E-state index contributed by atoms with van der Waals surface area (Å²) in [4.78, 5) is 10.3. The lowest BCUT2D eigenvalue weighted by Crippen LogP contribution is -2.21. The molecule has 0 bridgehead atoms. The van der Waals surface area contributed by atoms with E-state index in [0.29, 0.717) is 6.04 Å². The van der Waals surface area contributed by atoms with Gasteiger partial charge in [0, 0.05) is 13.9 Å². The van der Waals surface area contributed by atoms with Crippen molar-refractivity contribution in [3.63, 3.8) is 0 Å². The smallest absolute Gasteiger partial charge is 0.220 e. The van der Waals surface area contributed by atoms with Crippen molar-refractivity contribution < 1.29 is 6.22 Å². The predicted molar refractivity (Wildman–Crippen MR) is 29.0 cm³/mol. The summed E-state index contributed by atoms with van der Waals surface area (Å²) in [6, 6.07) is 0.424. The Kier molecular flexibility index (Phi) is 1.01. The topological polar surface area (TPSA) is 29.1 Å². The van der Waals surface area contributed by atoms with Gasteiger partial charge in [0.25, 0.3) is 0 Å². The van der Waals surface area contributed by atoms with Gasteiger partial charge in [-0.15, -0.1) is 0 Å². The van der Waals surface area contributed by atoms with Crippen LogP contribution in [-0.4, -0.2) is 11.9 Å². The minimum Gasteiger partial charge on any atom is -0.354 e. The van der Waals surface area contributed by atoms with Crippen LogP contribution in [0.5, 0.6) is 0 Å². The highest BCUT2D eigenvalue weighted by molar-refractivity contribution is 5.78. The third kappa shape index (κ3) is 0.918. The van der Waals surface area contributed by atoms with Gasteiger partial charge in [0.2, 0.25) is 5.91 Å². The van der Waals surface area contributed by atoms with E-state index in [1.54, 1.807) is 0 Å². The summed E-state index contributed by atoms with van der Waals surface area (Å²) in [6.45, 7) is 2.02. The summed E-state index contributed by atoms with van der Waals surface area (Å²) in [6.07, 6.45) is 1.74. The van der Waals surface area contributed by atoms with Crippen LogP contribution < -0.4 is 5.32 Å². The van der Waals surface area contributed by atoms with Crippen LogP contribution in [0.1, 0.15) is 21.2 Å². The molecule has 0 aromatic heterocycles. The van der Waals surface area contributed by atoms with Crippen molar-refractivity contribution in [1.82, 2.24) is 5.32 Å². The van der Waals surface area contributed by atoms with Crippen LogP contribution in [0, 0.1) is 0 Å². The lowest BCUT2D eigenvalue weighted by molar-refractivity contribution is -0.119. The second kappa shape index (κ2) is 1.52. The van der Waals surface area contributed by atoms with Gasteiger partial charge in [-0.3, -0.25) is 4.79 Å². The summed E-state index contributed by atoms with van der Waals surface area (Å²) >= 11 is 0. The zero-order valence-corrected chi connectivity index (χ0v) is 4.40. The Labute approximate surface area is 44.4 Å². The first-order valence-corrected chi connectivity index (χ1v) is 2.58. The SMILES string of the molecule is C[C@@H]1CCC(=O)N1.[HH]. The molecule has 0 aromatic carbocycles. The van der Waals surface area contributed by atoms with Crippen LogP contribution >= 0.6 is 0 Å². The molecule has 1 aliphatic rings. The molecule has 1 saturated heterocycles. The van der Waals surface area contributed by atoms with Crippen LogP contribution in [0.3, 0.4) is 0 Å². The normalized spacial score (nSPS) is 30.4. The molecule has 0 aliphatic carbocycles. The molecule has 0 saturated carbocycles. The van der Waals surface area contributed by atoms with Gasteiger partial charge in [0.05, 0.1) is 0 Å². The first kappa shape index (κ1) is 4.62. The number of hydrogen-bond donors (Lipinski definition) is 1. The van der Waals surface area contributed by atoms with E-state index in [0.717, 1.165) is 12.8 Å². The Morgan fingerprint density at radius 2 is 2.71 bits per heavy atom. The van der Waals surface area contributed by atoms with Gasteiger partial charge in [-0.2, -0.15) is 0 Å². The Bertz CT molecular complexity index is 94.4. The second-order valence-electron chi connectivity index (χ2n) is 2.01. The maximum atomic E-state index is 10.3. The zero-order chi connectivity index (χ0) is 5.28. The average Bonchev–Trinajstić information content (AvgIpc) is 1.87. The van der Waals surface area contributed by atoms with Gasteiger partial charge >= 0.3 is 0 Å². The van der Waals surface area contributed by atoms with Crippen molar-refractivity contribution in [2.75, 3.05) is 0 Å². The molecule has 1 heterocycles. The molecule has 0 spiro atoms. The molecule has 1 rings (SSSR count). The number of carbonyl (C=O) groups is 1. The fourth-order valence-electron chi connectivity index (χ4n) is 0.767. The van der Waals surface area contributed by atoms with E-state index in [-0.39, 0.29) is 7.33 Å². The summed E-state index contributed by atoms with van der Waals surface area (Å²) in [5.74, 6) is 0.201. The van der Waals surface area contributed by atoms with Gasteiger partial charge in [-0.05, 0) is 13.3 Å². The predicted octanol–water partition coefficient (Wildman–Crippen LogP) is 0.531. The summed E-state index contributed by atoms with van der Waals surface area (Å²) < 4.78 is 0. The minimum absolute atomic E-state index is 0. The molecule has 1 amide bonds. The molecule has 42 valence electrons. The highest BCUT2D eigenvalue weighted by Crippen LogP contribution is 2.03. The van der Waals surface area contributed by atoms with Gasteiger partial charge in [-0.1, -0.05) is 0 Å². The largest absolute Gasteiger partial charge is 0.354 e. The maximum Gasteiger partial charge on any atom is 0.220 e. The first-order chi connectivity index (χ1) is 3.29. The Balaban J connectivity index is 0.000000490. The van der Waals surface area contributed by atoms with E-state index < -0.39 is 0 Å². The van der Waals surface area contributed by atoms with Crippen LogP contribution in [-0.2, 0) is 4.79 Å². The van der Waals surface area contributed by atoms with Gasteiger partial charge in [-0.25, -0.2) is 0 Å². The van der Waals surface area contributed by atoms with Crippen molar-refractivity contribution in [2.24, 2.45) is 0 Å². The van der Waals surface area contributed by atoms with Crippen molar-refractivity contribution in [3.8, 4) is 0 Å². The monoisotopic (exact) mass is 101 g/mol. The Morgan fingerprint density at radius 3 is 2.86 bits per heavy atom. The molecule has 1 atom stereocenters. The standard InChI is InChI=1S/C5H9NO.H2/c1-4-2-3-5(7)6-4;/h4H,2-3H2,1H3,(H,6,7);1H/t4-;/m1./s1. The van der Waals surface area contributed by atoms with Gasteiger partial charge in [0.1, 0.15) is 0 Å². The molecular formula is C5H11NO. The molecule has 0 radical (unpaired) electrons. The molecule has 7 heavy (non-hydrogen) atoms. The van der Waals surface area contributed by atoms with E-state index in [1.165, 1.54) is 0 Å². The van der Waals surface area contributed by atoms with Crippen molar-refractivity contribution in [2.45, 2.75) is 25.8 Å². The lowest BCUT2D eigenvalue weighted by Gasteiger charge is -1.95. The highest BCUT2D eigenvalue weighted by Gasteiger charge is 2.14. The summed E-state index contributed by atoms with van der Waals surface area (Å²) in [5.41, 5.74) is 0. The molecule has 1 aliphatic heterocycles. The molecule has 0 unspecified atom stereocenters. The summed E-state index contributed by atoms with van der Waals surface area (Å²) in [5, 5.41) is 2.78. The second-order valence-corrected chi connectivity index (χ2v) is 2.01. The average molecular weight is 101 g/mol. The van der Waals surface area contributed by atoms with E-state index in [2.05, 4.69) is 5.32 Å². The van der Waals surface area contributed by atoms with Crippen LogP contribution in [0.4, 0.5) is 0 Å². The van der Waals surface area contributed by atoms with Crippen LogP contribution in [0.2, 0.25) is 0 Å². The third-order valence-corrected chi connectivity index (χ3v) is 1.21. The molecule has 0 aromatic rings. The number of carbonyl (C=O) groups excluding carboxylic acids is 1. The molecule has 1 fully saturated rings. The van der Waals surface area contributed by atoms with E-state index in [9.17, 15) is 4.79 Å². The molecule has 2 nitrogen and oxygen atoms in total. The quantitative estimate of drug-likeness (QED) is 0.474. The zero-order valence-electron chi connectivity index (χ0n) is 4.40. The maximum absolute atomic E-state index is 10.3. The third-order valence-electron chi connectivity index (χ3n) is 1.21. The fraction of sp³-hybridized carbons (Fsp3) is 0.800. The number of rotatable bonds is 0. The van der Waals surface area contributed by atoms with Crippen molar-refractivity contribution in [3.05, 3.63) is 0 Å². The van der Waals surface area contributed by atoms with Gasteiger partial charge in [0.15, 0.2) is 0 Å². The van der Waals surface area contributed by atoms with Crippen molar-refractivity contribution in [1.29, 1.82) is 0 Å². The molecule has 1 N–H and O–H groups in total. The summed E-state index contributed by atoms with van der Waals surface area (Å²) in [7, 11) is 0. The highest BCUT2D eigenvalue weighted by atomic mass is 16.1. The van der Waals surface area contributed by atoms with E-state index >= 15 is 0 Å². The van der Waals surface area contributed by atoms with Crippen LogP contribution in [0.15, 0.2) is 0 Å². The number of nitrogens with one attached hydrogen (secondary N) is 1. The van der Waals surface area contributed by atoms with Crippen molar-refractivity contribution >= 4 is 5.91 Å². The molecular weight excluding hydrogens is 90.1 g/mol. The van der Waals surface area contributed by atoms with Crippen LogP contribution in [0.25, 0.3) is 0 Å². The fourth-order valence-corrected chi connectivity index (χ4v) is 0.767. The first-order valence-electron chi connectivity index (χ1n) is 2.58. The lowest BCUT2D eigenvalue weighted by atomic mass is 10.3. The van der Waals surface area contributed by atoms with E-state index in [4.69, 9.17) is 0 Å². The minimum atomic E-state index is 0. The number of amides is 1. The van der Waals surface area contributed by atoms with Gasteiger partial charge < -0.3 is 5.32 Å². The Morgan fingerprint density at radius 1 is 2.00 bits per heavy atom. The Hall–Kier alpha value is -0.530. The number of hydrogen-bond acceptors (Lipinski definition) is 1. The van der Waals surface area contributed by atoms with E-state index in [1.807, 2.05) is 6.92 Å².